The maximum absolute atomic E-state index is 13.2. The summed E-state index contributed by atoms with van der Waals surface area (Å²) in [5.41, 5.74) is 6.45. The van der Waals surface area contributed by atoms with Gasteiger partial charge in [0.05, 0.1) is 0 Å². The summed E-state index contributed by atoms with van der Waals surface area (Å²) < 4.78 is 5.92. The molecule has 0 atom stereocenters. The lowest BCUT2D eigenvalue weighted by molar-refractivity contribution is 0.0712. The average Bonchev–Trinajstić information content (AvgIpc) is 2.94. The van der Waals surface area contributed by atoms with Crippen LogP contribution in [0.1, 0.15) is 51.4 Å². The average molecular weight is 478 g/mol. The number of aryl methyl sites for hydroxylation is 1. The van der Waals surface area contributed by atoms with E-state index >= 15 is 0 Å². The minimum Gasteiger partial charge on any atom is -0.489 e. The number of likely N-dealkylation sites (tertiary alicyclic amines) is 1. The first kappa shape index (κ1) is 23.7. The third-order valence-corrected chi connectivity index (χ3v) is 7.10. The van der Waals surface area contributed by atoms with Crippen LogP contribution in [0.5, 0.6) is 5.75 Å². The molecule has 5 rings (SSSR count). The number of hydrogen-bond acceptors (Lipinski definition) is 4. The van der Waals surface area contributed by atoms with E-state index in [9.17, 15) is 4.79 Å². The highest BCUT2D eigenvalue weighted by Gasteiger charge is 2.25. The minimum atomic E-state index is 0.0557. The number of aromatic nitrogens is 2. The quantitative estimate of drug-likeness (QED) is 0.324. The van der Waals surface area contributed by atoms with E-state index in [1.54, 1.807) is 0 Å². The van der Waals surface area contributed by atoms with Gasteiger partial charge in [-0.15, -0.1) is 0 Å². The molecule has 4 aromatic rings. The van der Waals surface area contributed by atoms with Crippen molar-refractivity contribution in [1.29, 1.82) is 0 Å². The molecule has 0 radical (unpaired) electrons. The molecule has 5 heteroatoms. The van der Waals surface area contributed by atoms with E-state index in [-0.39, 0.29) is 5.91 Å². The Morgan fingerprint density at radius 3 is 2.39 bits per heavy atom. The SMILES string of the molecule is Cc1cccc(-c2ncc(C3CCN(C(=O)c4cccc(OCc5ccccc5)c4)CC3)cn2)c1C. The summed E-state index contributed by atoms with van der Waals surface area (Å²) in [6.07, 6.45) is 5.73. The highest BCUT2D eigenvalue weighted by Crippen LogP contribution is 2.30. The Balaban J connectivity index is 1.19. The maximum atomic E-state index is 13.2. The second kappa shape index (κ2) is 10.7. The summed E-state index contributed by atoms with van der Waals surface area (Å²) in [7, 11) is 0. The van der Waals surface area contributed by atoms with E-state index < -0.39 is 0 Å². The number of carbonyl (C=O) groups excluding carboxylic acids is 1. The summed E-state index contributed by atoms with van der Waals surface area (Å²) in [5, 5.41) is 0. The fourth-order valence-electron chi connectivity index (χ4n) is 4.74. The van der Waals surface area contributed by atoms with E-state index in [4.69, 9.17) is 4.74 Å². The molecule has 1 amide bonds. The molecule has 1 aromatic heterocycles. The molecular weight excluding hydrogens is 446 g/mol. The number of rotatable bonds is 6. The lowest BCUT2D eigenvalue weighted by atomic mass is 9.91. The number of hydrogen-bond donors (Lipinski definition) is 0. The predicted molar refractivity (Wildman–Crippen MR) is 142 cm³/mol. The fraction of sp³-hybridized carbons (Fsp3) is 0.258. The van der Waals surface area contributed by atoms with E-state index in [1.165, 1.54) is 11.1 Å². The molecule has 0 N–H and O–H groups in total. The molecule has 2 heterocycles. The van der Waals surface area contributed by atoms with Crippen molar-refractivity contribution in [2.75, 3.05) is 13.1 Å². The van der Waals surface area contributed by atoms with Gasteiger partial charge in [0.2, 0.25) is 0 Å². The Hall–Kier alpha value is -3.99. The van der Waals surface area contributed by atoms with E-state index in [0.717, 1.165) is 48.4 Å². The monoisotopic (exact) mass is 477 g/mol. The third kappa shape index (κ3) is 5.30. The molecule has 1 aliphatic rings. The first-order valence-electron chi connectivity index (χ1n) is 12.5. The Morgan fingerprint density at radius 2 is 1.64 bits per heavy atom. The van der Waals surface area contributed by atoms with Gasteiger partial charge in [-0.05, 0) is 73.1 Å². The largest absolute Gasteiger partial charge is 0.489 e. The summed E-state index contributed by atoms with van der Waals surface area (Å²) in [6, 6.07) is 23.8. The van der Waals surface area contributed by atoms with E-state index in [1.807, 2.05) is 78.0 Å². The highest BCUT2D eigenvalue weighted by molar-refractivity contribution is 5.94. The number of piperidine rings is 1. The molecule has 0 spiro atoms. The van der Waals surface area contributed by atoms with Crippen LogP contribution in [-0.4, -0.2) is 33.9 Å². The molecular formula is C31H31N3O2. The number of amides is 1. The predicted octanol–water partition coefficient (Wildman–Crippen LogP) is 6.36. The zero-order valence-electron chi connectivity index (χ0n) is 20.9. The van der Waals surface area contributed by atoms with Crippen molar-refractivity contribution >= 4 is 5.91 Å². The highest BCUT2D eigenvalue weighted by atomic mass is 16.5. The van der Waals surface area contributed by atoms with Crippen molar-refractivity contribution in [3.8, 4) is 17.1 Å². The lowest BCUT2D eigenvalue weighted by Crippen LogP contribution is -2.38. The summed E-state index contributed by atoms with van der Waals surface area (Å²) in [4.78, 5) is 24.5. The molecule has 0 unspecified atom stereocenters. The molecule has 1 fully saturated rings. The zero-order chi connectivity index (χ0) is 24.9. The first-order chi connectivity index (χ1) is 17.6. The van der Waals surface area contributed by atoms with Crippen LogP contribution in [-0.2, 0) is 6.61 Å². The van der Waals surface area contributed by atoms with Crippen molar-refractivity contribution in [3.05, 3.63) is 113 Å². The van der Waals surface area contributed by atoms with Crippen LogP contribution in [0.2, 0.25) is 0 Å². The van der Waals surface area contributed by atoms with Gasteiger partial charge in [-0.25, -0.2) is 9.97 Å². The van der Waals surface area contributed by atoms with Crippen molar-refractivity contribution in [2.45, 2.75) is 39.2 Å². The van der Waals surface area contributed by atoms with Crippen LogP contribution in [0.15, 0.2) is 85.2 Å². The molecule has 1 aliphatic heterocycles. The van der Waals surface area contributed by atoms with Crippen LogP contribution >= 0.6 is 0 Å². The van der Waals surface area contributed by atoms with Gasteiger partial charge in [0, 0.05) is 36.6 Å². The van der Waals surface area contributed by atoms with Gasteiger partial charge in [-0.3, -0.25) is 4.79 Å². The number of carbonyl (C=O) groups is 1. The number of benzene rings is 3. The Labute approximate surface area is 212 Å². The summed E-state index contributed by atoms with van der Waals surface area (Å²) >= 11 is 0. The van der Waals surface area contributed by atoms with E-state index in [2.05, 4.69) is 35.9 Å². The molecule has 36 heavy (non-hydrogen) atoms. The van der Waals surface area contributed by atoms with Crippen LogP contribution in [0.3, 0.4) is 0 Å². The first-order valence-corrected chi connectivity index (χ1v) is 12.5. The molecule has 1 saturated heterocycles. The normalized spacial score (nSPS) is 14.0. The van der Waals surface area contributed by atoms with Gasteiger partial charge < -0.3 is 9.64 Å². The van der Waals surface area contributed by atoms with Gasteiger partial charge in [0.1, 0.15) is 12.4 Å². The number of ether oxygens (including phenoxy) is 1. The van der Waals surface area contributed by atoms with Gasteiger partial charge in [-0.2, -0.15) is 0 Å². The molecule has 0 saturated carbocycles. The third-order valence-electron chi connectivity index (χ3n) is 7.10. The van der Waals surface area contributed by atoms with Gasteiger partial charge >= 0.3 is 0 Å². The van der Waals surface area contributed by atoms with Gasteiger partial charge in [0.25, 0.3) is 5.91 Å². The molecule has 0 bridgehead atoms. The van der Waals surface area contributed by atoms with Crippen molar-refractivity contribution < 1.29 is 9.53 Å². The zero-order valence-corrected chi connectivity index (χ0v) is 20.9. The Bertz CT molecular complexity index is 1330. The molecule has 5 nitrogen and oxygen atoms in total. The summed E-state index contributed by atoms with van der Waals surface area (Å²) in [5.74, 6) is 1.89. The minimum absolute atomic E-state index is 0.0557. The molecule has 3 aromatic carbocycles. The second-order valence-corrected chi connectivity index (χ2v) is 9.46. The Kier molecular flexibility index (Phi) is 7.08. The Morgan fingerprint density at radius 1 is 0.917 bits per heavy atom. The summed E-state index contributed by atoms with van der Waals surface area (Å²) in [6.45, 7) is 6.14. The standard InChI is InChI=1S/C31H31N3O2/c1-22-8-6-13-29(23(22)2)30-32-19-27(20-33-30)25-14-16-34(17-15-25)31(35)26-11-7-12-28(18-26)36-21-24-9-4-3-5-10-24/h3-13,18-20,25H,14-17,21H2,1-2H3. The van der Waals surface area contributed by atoms with Crippen LogP contribution in [0.25, 0.3) is 11.4 Å². The molecule has 182 valence electrons. The fourth-order valence-corrected chi connectivity index (χ4v) is 4.74. The van der Waals surface area contributed by atoms with E-state index in [0.29, 0.717) is 23.8 Å². The van der Waals surface area contributed by atoms with Gasteiger partial charge in [-0.1, -0.05) is 54.6 Å². The van der Waals surface area contributed by atoms with Crippen molar-refractivity contribution in [3.63, 3.8) is 0 Å². The van der Waals surface area contributed by atoms with Crippen LogP contribution < -0.4 is 4.74 Å². The topological polar surface area (TPSA) is 55.3 Å². The smallest absolute Gasteiger partial charge is 0.253 e. The molecule has 0 aliphatic carbocycles. The maximum Gasteiger partial charge on any atom is 0.253 e. The van der Waals surface area contributed by atoms with Crippen molar-refractivity contribution in [1.82, 2.24) is 14.9 Å². The van der Waals surface area contributed by atoms with Gasteiger partial charge in [0.15, 0.2) is 5.82 Å². The van der Waals surface area contributed by atoms with Crippen LogP contribution in [0.4, 0.5) is 0 Å². The second-order valence-electron chi connectivity index (χ2n) is 9.46. The van der Waals surface area contributed by atoms with Crippen molar-refractivity contribution in [2.24, 2.45) is 0 Å². The lowest BCUT2D eigenvalue weighted by Gasteiger charge is -2.32. The number of nitrogens with zero attached hydrogens (tertiary/aromatic N) is 3. The van der Waals surface area contributed by atoms with Crippen LogP contribution in [0, 0.1) is 13.8 Å².